The molecule has 14 heteroatoms. The van der Waals surface area contributed by atoms with Crippen molar-refractivity contribution < 1.29 is 28.7 Å². The summed E-state index contributed by atoms with van der Waals surface area (Å²) in [6.45, 7) is 15.3. The number of rotatable bonds is 19. The molecule has 2 aliphatic rings. The van der Waals surface area contributed by atoms with Crippen LogP contribution in [0.2, 0.25) is 18.1 Å². The van der Waals surface area contributed by atoms with E-state index in [-0.39, 0.29) is 45.8 Å². The van der Waals surface area contributed by atoms with E-state index in [0.29, 0.717) is 44.4 Å². The summed E-state index contributed by atoms with van der Waals surface area (Å²) in [4.78, 5) is 57.7. The lowest BCUT2D eigenvalue weighted by atomic mass is 9.61. The molecular formula is C54H70N6O7Si. The zero-order valence-corrected chi connectivity index (χ0v) is 41.7. The zero-order valence-electron chi connectivity index (χ0n) is 40.7. The van der Waals surface area contributed by atoms with Crippen LogP contribution in [0.5, 0.6) is 5.75 Å². The first kappa shape index (κ1) is 50.1. The highest BCUT2D eigenvalue weighted by Crippen LogP contribution is 2.50. The van der Waals surface area contributed by atoms with Gasteiger partial charge in [-0.3, -0.25) is 19.7 Å². The van der Waals surface area contributed by atoms with Crippen LogP contribution in [0.15, 0.2) is 108 Å². The first-order valence-corrected chi connectivity index (χ1v) is 27.1. The topological polar surface area (TPSA) is 165 Å². The molecule has 5 aromatic rings. The molecule has 1 aromatic heterocycles. The minimum Gasteiger partial charge on any atom is -0.506 e. The molecule has 0 radical (unpaired) electrons. The molecule has 1 aliphatic heterocycles. The third-order valence-electron chi connectivity index (χ3n) is 14.4. The number of fused-ring (bicyclic) bond motifs is 1. The molecule has 5 N–H and O–H groups in total. The zero-order chi connectivity index (χ0) is 48.5. The monoisotopic (exact) mass is 943 g/mol. The minimum atomic E-state index is -2.21. The molecule has 2 heterocycles. The molecule has 1 saturated heterocycles. The van der Waals surface area contributed by atoms with Crippen molar-refractivity contribution in [1.29, 1.82) is 0 Å². The summed E-state index contributed by atoms with van der Waals surface area (Å²) in [7, 11) is -0.371. The number of aromatic nitrogens is 1. The van der Waals surface area contributed by atoms with Crippen LogP contribution >= 0.6 is 0 Å². The van der Waals surface area contributed by atoms with Crippen LogP contribution in [0.4, 0.5) is 16.2 Å². The first-order chi connectivity index (χ1) is 32.5. The smallest absolute Gasteiger partial charge is 0.411 e. The second kappa shape index (κ2) is 22.1. The van der Waals surface area contributed by atoms with Crippen LogP contribution in [0, 0.1) is 5.41 Å². The average Bonchev–Trinajstić information content (AvgIpc) is 3.30. The summed E-state index contributed by atoms with van der Waals surface area (Å²) < 4.78 is 12.8. The summed E-state index contributed by atoms with van der Waals surface area (Å²) in [5.41, 5.74) is 5.73. The van der Waals surface area contributed by atoms with Gasteiger partial charge < -0.3 is 39.7 Å². The Morgan fingerprint density at radius 3 is 2.31 bits per heavy atom. The molecule has 4 aromatic carbocycles. The maximum atomic E-state index is 13.0. The van der Waals surface area contributed by atoms with Crippen molar-refractivity contribution in [2.75, 3.05) is 50.4 Å². The van der Waals surface area contributed by atoms with E-state index < -0.39 is 14.4 Å². The van der Waals surface area contributed by atoms with Crippen LogP contribution < -0.4 is 21.5 Å². The van der Waals surface area contributed by atoms with Gasteiger partial charge in [-0.1, -0.05) is 87.5 Å². The fraction of sp³-hybridized carbons (Fsp3) is 0.444. The molecular weight excluding hydrogens is 873 g/mol. The first-order valence-electron chi connectivity index (χ1n) is 24.2. The minimum absolute atomic E-state index is 0.0186. The number of phenols is 1. The van der Waals surface area contributed by atoms with E-state index in [0.717, 1.165) is 90.8 Å². The molecule has 0 unspecified atom stereocenters. The number of nitrogens with one attached hydrogen (secondary N) is 4. The maximum absolute atomic E-state index is 13.0. The van der Waals surface area contributed by atoms with E-state index >= 15 is 0 Å². The van der Waals surface area contributed by atoms with Gasteiger partial charge in [-0.25, -0.2) is 4.79 Å². The molecule has 13 nitrogen and oxygen atoms in total. The summed E-state index contributed by atoms with van der Waals surface area (Å²) >= 11 is 0. The van der Waals surface area contributed by atoms with Crippen molar-refractivity contribution >= 4 is 48.5 Å². The van der Waals surface area contributed by atoms with E-state index in [4.69, 9.17) is 9.16 Å². The fourth-order valence-electron chi connectivity index (χ4n) is 9.17. The predicted molar refractivity (Wildman–Crippen MR) is 273 cm³/mol. The number of hydrogen-bond acceptors (Lipinski definition) is 9. The number of aromatic amines is 1. The average molecular weight is 943 g/mol. The number of aromatic hydroxyl groups is 1. The summed E-state index contributed by atoms with van der Waals surface area (Å²) in [5.74, 6) is 0.0782. The van der Waals surface area contributed by atoms with Crippen LogP contribution in [0.25, 0.3) is 22.0 Å². The Morgan fingerprint density at radius 2 is 1.59 bits per heavy atom. The number of likely N-dealkylation sites (tertiary alicyclic amines) is 1. The molecule has 68 heavy (non-hydrogen) atoms. The molecule has 1 aliphatic carbocycles. The number of hydrogen-bond donors (Lipinski definition) is 5. The molecule has 1 spiro atoms. The number of ether oxygens (including phenoxy) is 1. The molecule has 1 atom stereocenters. The van der Waals surface area contributed by atoms with Crippen LogP contribution in [0.3, 0.4) is 0 Å². The number of anilines is 2. The lowest BCUT2D eigenvalue weighted by Crippen LogP contribution is -2.51. The molecule has 2 fully saturated rings. The Morgan fingerprint density at radius 1 is 0.882 bits per heavy atom. The number of nitrogens with zero attached hydrogens (tertiary/aromatic N) is 2. The number of benzene rings is 4. The highest BCUT2D eigenvalue weighted by molar-refractivity contribution is 6.74. The van der Waals surface area contributed by atoms with Gasteiger partial charge in [0, 0.05) is 68.8 Å². The highest BCUT2D eigenvalue weighted by Gasteiger charge is 2.47. The molecule has 1 saturated carbocycles. The predicted octanol–water partition coefficient (Wildman–Crippen LogP) is 10.2. The maximum Gasteiger partial charge on any atom is 0.411 e. The number of phenolic OH excluding ortho intramolecular Hbond substituents is 1. The Balaban J connectivity index is 0.764. The number of piperidine rings is 1. The highest BCUT2D eigenvalue weighted by atomic mass is 28.4. The molecule has 7 rings (SSSR count). The number of unbranched alkanes of at least 4 members (excludes halogenated alkanes) is 1. The van der Waals surface area contributed by atoms with Gasteiger partial charge in [-0.15, -0.1) is 0 Å². The largest absolute Gasteiger partial charge is 0.506 e. The molecule has 362 valence electrons. The second-order valence-corrected chi connectivity index (χ2v) is 25.1. The molecule has 3 amide bonds. The summed E-state index contributed by atoms with van der Waals surface area (Å²) in [5, 5.41) is 20.8. The number of carbonyl (C=O) groups excluding carboxylic acids is 3. The number of carbonyl (C=O) groups is 3. The van der Waals surface area contributed by atoms with Gasteiger partial charge in [0.05, 0.1) is 17.3 Å². The van der Waals surface area contributed by atoms with Crippen molar-refractivity contribution in [1.82, 2.24) is 20.1 Å². The Bertz CT molecular complexity index is 2560. The Hall–Kier alpha value is -5.80. The summed E-state index contributed by atoms with van der Waals surface area (Å²) in [6.07, 6.45) is 5.28. The van der Waals surface area contributed by atoms with Crippen molar-refractivity contribution in [3.63, 3.8) is 0 Å². The van der Waals surface area contributed by atoms with E-state index in [2.05, 4.69) is 59.7 Å². The van der Waals surface area contributed by atoms with Gasteiger partial charge in [0.15, 0.2) is 8.32 Å². The van der Waals surface area contributed by atoms with Gasteiger partial charge in [-0.05, 0) is 122 Å². The van der Waals surface area contributed by atoms with Crippen LogP contribution in [0.1, 0.15) is 89.4 Å². The van der Waals surface area contributed by atoms with E-state index in [1.807, 2.05) is 92.0 Å². The third-order valence-corrected chi connectivity index (χ3v) is 18.9. The van der Waals surface area contributed by atoms with E-state index in [1.165, 1.54) is 6.07 Å². The third kappa shape index (κ3) is 13.0. The van der Waals surface area contributed by atoms with Crippen molar-refractivity contribution in [3.05, 3.63) is 125 Å². The number of pyridine rings is 1. The quantitative estimate of drug-likeness (QED) is 0.0400. The number of H-pyrrole nitrogens is 1. The van der Waals surface area contributed by atoms with E-state index in [9.17, 15) is 24.3 Å². The van der Waals surface area contributed by atoms with E-state index in [1.54, 1.807) is 17.0 Å². The van der Waals surface area contributed by atoms with Gasteiger partial charge in [-0.2, -0.15) is 0 Å². The Kier molecular flexibility index (Phi) is 16.3. The van der Waals surface area contributed by atoms with Crippen molar-refractivity contribution in [2.24, 2.45) is 5.41 Å². The summed E-state index contributed by atoms with van der Waals surface area (Å²) in [6, 6.07) is 32.2. The normalized spacial score (nSPS) is 15.7. The van der Waals surface area contributed by atoms with Crippen molar-refractivity contribution in [3.8, 4) is 16.9 Å². The van der Waals surface area contributed by atoms with Gasteiger partial charge in [0.1, 0.15) is 11.9 Å². The lowest BCUT2D eigenvalue weighted by molar-refractivity contribution is -0.130. The standard InChI is InChI=1S/C54H70N6O7Si/c1-53(2,3)68(5,6)67-47(43-23-25-46(61)51-44(43)24-26-49(63)58-51)37-55-36-38-19-21-40(22-20-38)56-48(62)18-12-13-30-59(4)50(64)27-31-60-32-28-54(29-33-60)34-41(35-54)66-52(65)57-45-17-11-10-16-42(45)39-14-8-7-9-15-39/h7-11,14-17,19-26,41,47,55,61H,12-13,18,27-37H2,1-6H3,(H,56,62)(H,57,65)(H,58,63)/t47-/m0/s1. The fourth-order valence-corrected chi connectivity index (χ4v) is 10.4. The van der Waals surface area contributed by atoms with Gasteiger partial charge >= 0.3 is 6.09 Å². The van der Waals surface area contributed by atoms with Crippen LogP contribution in [-0.4, -0.2) is 92.0 Å². The van der Waals surface area contributed by atoms with Gasteiger partial charge in [0.2, 0.25) is 17.4 Å². The SMILES string of the molecule is CN(CCCCC(=O)Nc1ccc(CNC[C@H](O[Si](C)(C)C(C)(C)C)c2ccc(O)c3[nH]c(=O)ccc23)cc1)C(=O)CCN1CCC2(CC1)CC(OC(=O)Nc1ccccc1-c1ccccc1)C2. The number of para-hydroxylation sites is 1. The number of amides is 3. The second-order valence-electron chi connectivity index (χ2n) is 20.4. The Labute approximate surface area is 402 Å². The van der Waals surface area contributed by atoms with Crippen LogP contribution in [-0.2, 0) is 25.3 Å². The van der Waals surface area contributed by atoms with Gasteiger partial charge in [0.25, 0.3) is 0 Å². The molecule has 0 bridgehead atoms. The van der Waals surface area contributed by atoms with Crippen molar-refractivity contribution in [2.45, 2.75) is 109 Å². The lowest BCUT2D eigenvalue weighted by Gasteiger charge is -2.51.